The lowest BCUT2D eigenvalue weighted by molar-refractivity contribution is -0.135. The van der Waals surface area contributed by atoms with Gasteiger partial charge < -0.3 is 10.1 Å². The van der Waals surface area contributed by atoms with E-state index in [0.29, 0.717) is 5.75 Å². The molecule has 8 nitrogen and oxygen atoms in total. The van der Waals surface area contributed by atoms with E-state index >= 15 is 0 Å². The fraction of sp³-hybridized carbons (Fsp3) is 0.350. The molecule has 1 aliphatic carbocycles. The van der Waals surface area contributed by atoms with E-state index in [1.54, 1.807) is 24.3 Å². The molecule has 3 amide bonds. The fourth-order valence-corrected chi connectivity index (χ4v) is 3.63. The molecular formula is C20H18F2N4O4. The van der Waals surface area contributed by atoms with Crippen LogP contribution in [0.2, 0.25) is 0 Å². The monoisotopic (exact) mass is 416 g/mol. The Morgan fingerprint density at radius 1 is 1.13 bits per heavy atom. The highest BCUT2D eigenvalue weighted by Crippen LogP contribution is 2.41. The lowest BCUT2D eigenvalue weighted by Crippen LogP contribution is -2.51. The first-order valence-electron chi connectivity index (χ1n) is 9.39. The van der Waals surface area contributed by atoms with Crippen molar-refractivity contribution in [3.63, 3.8) is 0 Å². The summed E-state index contributed by atoms with van der Waals surface area (Å²) in [5.41, 5.74) is -1.12. The minimum atomic E-state index is -2.84. The highest BCUT2D eigenvalue weighted by molar-refractivity contribution is 6.11. The van der Waals surface area contributed by atoms with Gasteiger partial charge in [0.05, 0.1) is 6.54 Å². The van der Waals surface area contributed by atoms with Gasteiger partial charge in [0.25, 0.3) is 5.91 Å². The van der Waals surface area contributed by atoms with Crippen LogP contribution in [0.1, 0.15) is 36.0 Å². The summed E-state index contributed by atoms with van der Waals surface area (Å²) in [5, 5.41) is 10.0. The molecule has 2 fully saturated rings. The summed E-state index contributed by atoms with van der Waals surface area (Å²) < 4.78 is 32.5. The number of rotatable bonds is 5. The molecule has 2 aromatic rings. The van der Waals surface area contributed by atoms with Crippen molar-refractivity contribution in [1.29, 1.82) is 0 Å². The average molecular weight is 416 g/mol. The van der Waals surface area contributed by atoms with E-state index in [1.165, 1.54) is 18.3 Å². The van der Waals surface area contributed by atoms with Crippen molar-refractivity contribution in [2.45, 2.75) is 37.1 Å². The zero-order valence-corrected chi connectivity index (χ0v) is 15.8. The number of ether oxygens (including phenoxy) is 1. The molecule has 0 bridgehead atoms. The molecular weight excluding hydrogens is 398 g/mol. The number of imide groups is 1. The number of aromatic nitrogens is 2. The van der Waals surface area contributed by atoms with Gasteiger partial charge in [0, 0.05) is 30.7 Å². The number of amides is 3. The van der Waals surface area contributed by atoms with E-state index < -0.39 is 48.6 Å². The number of nitrogens with zero attached hydrogens (tertiary/aromatic N) is 3. The first-order valence-corrected chi connectivity index (χ1v) is 9.39. The highest BCUT2D eigenvalue weighted by atomic mass is 19.3. The lowest BCUT2D eigenvalue weighted by Gasteiger charge is -2.34. The van der Waals surface area contributed by atoms with Crippen LogP contribution in [0.25, 0.3) is 0 Å². The van der Waals surface area contributed by atoms with Crippen molar-refractivity contribution in [3.8, 4) is 11.6 Å². The van der Waals surface area contributed by atoms with Gasteiger partial charge in [0.15, 0.2) is 5.78 Å². The Morgan fingerprint density at radius 3 is 2.60 bits per heavy atom. The standard InChI is InChI=1S/C20H18F2N4O4/c21-20(22)8-6-19(7-9-20)17(28)26(18(29)24-19)12-15(27)13-3-1-4-14(11-13)30-16-5-2-10-23-25-16/h1-5,10-11H,6-9,12H2,(H,24,29). The summed E-state index contributed by atoms with van der Waals surface area (Å²) >= 11 is 0. The number of benzene rings is 1. The number of carbonyl (C=O) groups is 3. The summed E-state index contributed by atoms with van der Waals surface area (Å²) in [6.07, 6.45) is 0.212. The van der Waals surface area contributed by atoms with E-state index in [-0.39, 0.29) is 24.3 Å². The predicted octanol–water partition coefficient (Wildman–Crippen LogP) is 2.95. The van der Waals surface area contributed by atoms with Gasteiger partial charge in [-0.2, -0.15) is 5.10 Å². The van der Waals surface area contributed by atoms with Gasteiger partial charge in [-0.05, 0) is 31.0 Å². The smallest absolute Gasteiger partial charge is 0.325 e. The third kappa shape index (κ3) is 3.85. The number of halogens is 2. The molecule has 0 atom stereocenters. The minimum absolute atomic E-state index is 0.156. The summed E-state index contributed by atoms with van der Waals surface area (Å²) in [6.45, 7) is -0.489. The van der Waals surface area contributed by atoms with E-state index in [4.69, 9.17) is 4.74 Å². The summed E-state index contributed by atoms with van der Waals surface area (Å²) in [5.74, 6) is -3.38. The third-order valence-electron chi connectivity index (χ3n) is 5.31. The number of alkyl halides is 2. The Bertz CT molecular complexity index is 989. The SMILES string of the molecule is O=C(CN1C(=O)NC2(CCC(F)(F)CC2)C1=O)c1cccc(Oc2cccnn2)c1. The van der Waals surface area contributed by atoms with Crippen LogP contribution in [0.5, 0.6) is 11.6 Å². The van der Waals surface area contributed by atoms with Gasteiger partial charge in [-0.1, -0.05) is 12.1 Å². The van der Waals surface area contributed by atoms with Crippen LogP contribution in [0.15, 0.2) is 42.6 Å². The van der Waals surface area contributed by atoms with Crippen LogP contribution in [-0.4, -0.2) is 50.8 Å². The summed E-state index contributed by atoms with van der Waals surface area (Å²) in [4.78, 5) is 38.6. The van der Waals surface area contributed by atoms with E-state index in [1.807, 2.05) is 0 Å². The van der Waals surface area contributed by atoms with Crippen molar-refractivity contribution in [2.24, 2.45) is 0 Å². The average Bonchev–Trinajstić information content (AvgIpc) is 2.96. The maximum atomic E-state index is 13.5. The molecule has 1 N–H and O–H groups in total. The molecule has 1 saturated heterocycles. The topological polar surface area (TPSA) is 101 Å². The molecule has 30 heavy (non-hydrogen) atoms. The molecule has 156 valence electrons. The zero-order chi connectivity index (χ0) is 21.4. The zero-order valence-electron chi connectivity index (χ0n) is 15.8. The Morgan fingerprint density at radius 2 is 1.90 bits per heavy atom. The van der Waals surface area contributed by atoms with Gasteiger partial charge in [-0.3, -0.25) is 14.5 Å². The van der Waals surface area contributed by atoms with Gasteiger partial charge in [-0.25, -0.2) is 13.6 Å². The first-order chi connectivity index (χ1) is 14.3. The molecule has 2 heterocycles. The van der Waals surface area contributed by atoms with Crippen LogP contribution >= 0.6 is 0 Å². The quantitative estimate of drug-likeness (QED) is 0.594. The molecule has 10 heteroatoms. The van der Waals surface area contributed by atoms with E-state index in [0.717, 1.165) is 4.90 Å². The molecule has 1 aliphatic heterocycles. The van der Waals surface area contributed by atoms with Crippen LogP contribution in [0, 0.1) is 0 Å². The second kappa shape index (κ2) is 7.43. The highest BCUT2D eigenvalue weighted by Gasteiger charge is 2.55. The van der Waals surface area contributed by atoms with Crippen molar-refractivity contribution >= 4 is 17.7 Å². The number of hydrogen-bond acceptors (Lipinski definition) is 6. The van der Waals surface area contributed by atoms with Crippen LogP contribution in [-0.2, 0) is 4.79 Å². The Labute approximate surface area is 170 Å². The molecule has 0 unspecified atom stereocenters. The van der Waals surface area contributed by atoms with Crippen molar-refractivity contribution in [3.05, 3.63) is 48.2 Å². The number of nitrogens with one attached hydrogen (secondary N) is 1. The third-order valence-corrected chi connectivity index (χ3v) is 5.31. The minimum Gasteiger partial charge on any atom is -0.438 e. The van der Waals surface area contributed by atoms with Crippen molar-refractivity contribution in [1.82, 2.24) is 20.4 Å². The molecule has 4 rings (SSSR count). The number of Topliss-reactive ketones (excluding diaryl/α,β-unsaturated/α-hetero) is 1. The number of urea groups is 1. The maximum Gasteiger partial charge on any atom is 0.325 e. The normalized spacial score (nSPS) is 19.6. The Balaban J connectivity index is 1.46. The second-order valence-corrected chi connectivity index (χ2v) is 7.37. The molecule has 2 aliphatic rings. The Kier molecular flexibility index (Phi) is 4.92. The number of carbonyl (C=O) groups excluding carboxylic acids is 3. The summed E-state index contributed by atoms with van der Waals surface area (Å²) in [7, 11) is 0. The van der Waals surface area contributed by atoms with Crippen LogP contribution in [0.3, 0.4) is 0 Å². The molecule has 1 aromatic carbocycles. The van der Waals surface area contributed by atoms with Gasteiger partial charge >= 0.3 is 6.03 Å². The van der Waals surface area contributed by atoms with Crippen molar-refractivity contribution in [2.75, 3.05) is 6.54 Å². The maximum absolute atomic E-state index is 13.5. The lowest BCUT2D eigenvalue weighted by atomic mass is 9.80. The molecule has 1 saturated carbocycles. The van der Waals surface area contributed by atoms with Gasteiger partial charge in [-0.15, -0.1) is 5.10 Å². The van der Waals surface area contributed by atoms with Gasteiger partial charge in [0.2, 0.25) is 11.8 Å². The Hall–Kier alpha value is -3.43. The van der Waals surface area contributed by atoms with E-state index in [9.17, 15) is 23.2 Å². The van der Waals surface area contributed by atoms with Gasteiger partial charge in [0.1, 0.15) is 11.3 Å². The largest absolute Gasteiger partial charge is 0.438 e. The molecule has 0 radical (unpaired) electrons. The molecule has 1 spiro atoms. The van der Waals surface area contributed by atoms with E-state index in [2.05, 4.69) is 15.5 Å². The summed E-state index contributed by atoms with van der Waals surface area (Å²) in [6, 6.07) is 8.71. The molecule has 1 aromatic heterocycles. The van der Waals surface area contributed by atoms with Crippen molar-refractivity contribution < 1.29 is 27.9 Å². The number of hydrogen-bond donors (Lipinski definition) is 1. The second-order valence-electron chi connectivity index (χ2n) is 7.37. The first kappa shape index (κ1) is 19.9. The number of ketones is 1. The predicted molar refractivity (Wildman–Crippen MR) is 99.3 cm³/mol. The fourth-order valence-electron chi connectivity index (χ4n) is 3.63. The van der Waals surface area contributed by atoms with Crippen LogP contribution < -0.4 is 10.1 Å². The van der Waals surface area contributed by atoms with Crippen LogP contribution in [0.4, 0.5) is 13.6 Å².